The third kappa shape index (κ3) is 7.45. The van der Waals surface area contributed by atoms with Crippen molar-refractivity contribution < 1.29 is 14.3 Å². The normalized spacial score (nSPS) is 20.2. The van der Waals surface area contributed by atoms with Gasteiger partial charge in [0.1, 0.15) is 0 Å². The van der Waals surface area contributed by atoms with E-state index in [1.54, 1.807) is 6.08 Å². The minimum absolute atomic E-state index is 0.000606. The minimum atomic E-state index is -0.0420. The fourth-order valence-electron chi connectivity index (χ4n) is 1.81. The molecule has 1 atom stereocenters. The summed E-state index contributed by atoms with van der Waals surface area (Å²) in [5, 5.41) is 2.82. The van der Waals surface area contributed by atoms with Gasteiger partial charge < -0.3 is 14.8 Å². The van der Waals surface area contributed by atoms with Crippen LogP contribution >= 0.6 is 0 Å². The molecule has 1 aliphatic rings. The smallest absolute Gasteiger partial charge is 0.243 e. The zero-order valence-electron chi connectivity index (χ0n) is 11.3. The highest BCUT2D eigenvalue weighted by Gasteiger charge is 2.14. The van der Waals surface area contributed by atoms with Gasteiger partial charge in [0.05, 0.1) is 25.9 Å². The fourth-order valence-corrected chi connectivity index (χ4v) is 1.81. The molecule has 1 unspecified atom stereocenters. The number of carbonyl (C=O) groups is 1. The highest BCUT2D eigenvalue weighted by molar-refractivity contribution is 5.87. The Morgan fingerprint density at radius 1 is 1.33 bits per heavy atom. The summed E-state index contributed by atoms with van der Waals surface area (Å²) in [4.78, 5) is 11.5. The lowest BCUT2D eigenvalue weighted by molar-refractivity contribution is -0.119. The predicted octanol–water partition coefficient (Wildman–Crippen LogP) is 2.04. The summed E-state index contributed by atoms with van der Waals surface area (Å²) in [6.07, 6.45) is 9.48. The van der Waals surface area contributed by atoms with Crippen LogP contribution in [0.15, 0.2) is 12.2 Å². The van der Waals surface area contributed by atoms with Gasteiger partial charge in [-0.05, 0) is 18.9 Å². The lowest BCUT2D eigenvalue weighted by Gasteiger charge is -2.22. The summed E-state index contributed by atoms with van der Waals surface area (Å²) in [5.74, 6) is -0.0420. The Kier molecular flexibility index (Phi) is 8.51. The van der Waals surface area contributed by atoms with E-state index in [9.17, 15) is 4.79 Å². The number of hydrogen-bond donors (Lipinski definition) is 1. The zero-order chi connectivity index (χ0) is 13.1. The maximum atomic E-state index is 11.5. The van der Waals surface area contributed by atoms with Crippen molar-refractivity contribution in [2.75, 3.05) is 26.4 Å². The molecule has 1 amide bonds. The molecule has 1 aliphatic heterocycles. The number of hydrogen-bond acceptors (Lipinski definition) is 3. The molecule has 1 N–H and O–H groups in total. The van der Waals surface area contributed by atoms with Crippen molar-refractivity contribution >= 4 is 5.91 Å². The first-order valence-electron chi connectivity index (χ1n) is 6.96. The van der Waals surface area contributed by atoms with Gasteiger partial charge in [0.2, 0.25) is 5.91 Å². The van der Waals surface area contributed by atoms with Gasteiger partial charge in [-0.3, -0.25) is 4.79 Å². The second-order valence-corrected chi connectivity index (χ2v) is 4.56. The molecule has 4 heteroatoms. The predicted molar refractivity (Wildman–Crippen MR) is 71.5 cm³/mol. The van der Waals surface area contributed by atoms with Crippen molar-refractivity contribution in [2.24, 2.45) is 0 Å². The van der Waals surface area contributed by atoms with Gasteiger partial charge in [-0.2, -0.15) is 0 Å². The van der Waals surface area contributed by atoms with Crippen molar-refractivity contribution in [1.29, 1.82) is 0 Å². The third-order valence-electron chi connectivity index (χ3n) is 2.88. The molecule has 0 aromatic rings. The van der Waals surface area contributed by atoms with Crippen molar-refractivity contribution in [2.45, 2.75) is 45.1 Å². The standard InChI is InChI=1S/C14H25NO3/c1-2-3-4-5-6-7-8-14(16)15-11-13-12-17-9-10-18-13/h7-8,13H,2-6,9-12H2,1H3,(H,15,16). The summed E-state index contributed by atoms with van der Waals surface area (Å²) in [5.41, 5.74) is 0. The Hall–Kier alpha value is -0.870. The van der Waals surface area contributed by atoms with E-state index in [2.05, 4.69) is 12.2 Å². The average molecular weight is 255 g/mol. The van der Waals surface area contributed by atoms with E-state index in [1.165, 1.54) is 19.3 Å². The van der Waals surface area contributed by atoms with Gasteiger partial charge in [-0.25, -0.2) is 0 Å². The third-order valence-corrected chi connectivity index (χ3v) is 2.88. The summed E-state index contributed by atoms with van der Waals surface area (Å²) in [6, 6.07) is 0. The average Bonchev–Trinajstić information content (AvgIpc) is 2.41. The number of amides is 1. The van der Waals surface area contributed by atoms with Gasteiger partial charge in [0.15, 0.2) is 0 Å². The molecule has 0 radical (unpaired) electrons. The SMILES string of the molecule is CCCCCCC=CC(=O)NCC1COCCO1. The van der Waals surface area contributed by atoms with Crippen molar-refractivity contribution in [3.63, 3.8) is 0 Å². The van der Waals surface area contributed by atoms with E-state index in [-0.39, 0.29) is 12.0 Å². The Morgan fingerprint density at radius 3 is 2.94 bits per heavy atom. The van der Waals surface area contributed by atoms with Crippen LogP contribution in [0.25, 0.3) is 0 Å². The molecule has 1 fully saturated rings. The highest BCUT2D eigenvalue weighted by atomic mass is 16.6. The minimum Gasteiger partial charge on any atom is -0.376 e. The molecular weight excluding hydrogens is 230 g/mol. The van der Waals surface area contributed by atoms with Crippen LogP contribution in [0, 0.1) is 0 Å². The number of ether oxygens (including phenoxy) is 2. The summed E-state index contributed by atoms with van der Waals surface area (Å²) in [7, 11) is 0. The van der Waals surface area contributed by atoms with Crippen molar-refractivity contribution in [3.05, 3.63) is 12.2 Å². The first-order chi connectivity index (χ1) is 8.83. The molecular formula is C14H25NO3. The molecule has 18 heavy (non-hydrogen) atoms. The number of unbranched alkanes of at least 4 members (excludes halogenated alkanes) is 4. The molecule has 0 bridgehead atoms. The summed E-state index contributed by atoms with van der Waals surface area (Å²) >= 11 is 0. The zero-order valence-corrected chi connectivity index (χ0v) is 11.3. The van der Waals surface area contributed by atoms with Crippen LogP contribution in [0.4, 0.5) is 0 Å². The number of nitrogens with one attached hydrogen (secondary N) is 1. The van der Waals surface area contributed by atoms with Crippen LogP contribution in [-0.4, -0.2) is 38.4 Å². The molecule has 0 aromatic carbocycles. The van der Waals surface area contributed by atoms with E-state index >= 15 is 0 Å². The molecule has 4 nitrogen and oxygen atoms in total. The van der Waals surface area contributed by atoms with E-state index in [0.717, 1.165) is 12.8 Å². The molecule has 0 aliphatic carbocycles. The quantitative estimate of drug-likeness (QED) is 0.533. The lowest BCUT2D eigenvalue weighted by Crippen LogP contribution is -2.39. The van der Waals surface area contributed by atoms with Gasteiger partial charge in [0.25, 0.3) is 0 Å². The fraction of sp³-hybridized carbons (Fsp3) is 0.786. The lowest BCUT2D eigenvalue weighted by atomic mass is 10.1. The largest absolute Gasteiger partial charge is 0.376 e. The van der Waals surface area contributed by atoms with Gasteiger partial charge in [0, 0.05) is 6.54 Å². The van der Waals surface area contributed by atoms with Crippen LogP contribution < -0.4 is 5.32 Å². The monoisotopic (exact) mass is 255 g/mol. The number of rotatable bonds is 8. The highest BCUT2D eigenvalue weighted by Crippen LogP contribution is 2.03. The van der Waals surface area contributed by atoms with E-state index in [1.807, 2.05) is 6.08 Å². The van der Waals surface area contributed by atoms with Crippen LogP contribution in [0.2, 0.25) is 0 Å². The number of carbonyl (C=O) groups excluding carboxylic acids is 1. The molecule has 1 saturated heterocycles. The van der Waals surface area contributed by atoms with E-state index in [4.69, 9.17) is 9.47 Å². The molecule has 1 rings (SSSR count). The first-order valence-corrected chi connectivity index (χ1v) is 6.96. The first kappa shape index (κ1) is 15.2. The van der Waals surface area contributed by atoms with Gasteiger partial charge in [-0.1, -0.05) is 32.3 Å². The Balaban J connectivity index is 2.00. The molecule has 0 aromatic heterocycles. The Labute approximate surface area is 110 Å². The number of allylic oxidation sites excluding steroid dienone is 1. The van der Waals surface area contributed by atoms with Crippen molar-refractivity contribution in [1.82, 2.24) is 5.32 Å². The molecule has 0 saturated carbocycles. The molecule has 1 heterocycles. The van der Waals surface area contributed by atoms with Crippen LogP contribution in [-0.2, 0) is 14.3 Å². The topological polar surface area (TPSA) is 47.6 Å². The Morgan fingerprint density at radius 2 is 2.22 bits per heavy atom. The summed E-state index contributed by atoms with van der Waals surface area (Å²) in [6.45, 7) is 4.57. The van der Waals surface area contributed by atoms with E-state index < -0.39 is 0 Å². The van der Waals surface area contributed by atoms with E-state index in [0.29, 0.717) is 26.4 Å². The Bertz CT molecular complexity index is 247. The second kappa shape index (κ2) is 10.1. The van der Waals surface area contributed by atoms with Gasteiger partial charge in [-0.15, -0.1) is 0 Å². The van der Waals surface area contributed by atoms with Crippen LogP contribution in [0.3, 0.4) is 0 Å². The summed E-state index contributed by atoms with van der Waals surface area (Å²) < 4.78 is 10.7. The molecule has 104 valence electrons. The maximum absolute atomic E-state index is 11.5. The maximum Gasteiger partial charge on any atom is 0.243 e. The molecule has 0 spiro atoms. The second-order valence-electron chi connectivity index (χ2n) is 4.56. The van der Waals surface area contributed by atoms with Crippen LogP contribution in [0.1, 0.15) is 39.0 Å². The van der Waals surface area contributed by atoms with Crippen molar-refractivity contribution in [3.8, 4) is 0 Å². The van der Waals surface area contributed by atoms with Crippen LogP contribution in [0.5, 0.6) is 0 Å². The van der Waals surface area contributed by atoms with Gasteiger partial charge >= 0.3 is 0 Å².